The summed E-state index contributed by atoms with van der Waals surface area (Å²) in [6, 6.07) is 0. The maximum atomic E-state index is 11.5. The van der Waals surface area contributed by atoms with Crippen LogP contribution in [0.25, 0.3) is 0 Å². The molecule has 0 aromatic heterocycles. The van der Waals surface area contributed by atoms with E-state index in [-0.39, 0.29) is 0 Å². The van der Waals surface area contributed by atoms with Gasteiger partial charge < -0.3 is 0 Å². The Morgan fingerprint density at radius 3 is 2.83 bits per heavy atom. The van der Waals surface area contributed by atoms with E-state index in [1.54, 1.807) is 0 Å². The molecule has 1 saturated carbocycles. The summed E-state index contributed by atoms with van der Waals surface area (Å²) in [4.78, 5) is 11.5. The number of carbonyl (C=O) groups is 1. The van der Waals surface area contributed by atoms with Crippen molar-refractivity contribution in [3.05, 3.63) is 12.2 Å². The summed E-state index contributed by atoms with van der Waals surface area (Å²) < 4.78 is 0. The second-order valence-corrected chi connectivity index (χ2v) is 4.20. The summed E-state index contributed by atoms with van der Waals surface area (Å²) in [6.07, 6.45) is 8.52. The Morgan fingerprint density at radius 2 is 2.08 bits per heavy atom. The van der Waals surface area contributed by atoms with E-state index in [0.717, 1.165) is 31.6 Å². The SMILES string of the molecule is C[C@H]1CCC(=O)[C@H]2CC=CC[C@H]21. The number of hydrogen-bond acceptors (Lipinski definition) is 1. The monoisotopic (exact) mass is 164 g/mol. The molecule has 0 saturated heterocycles. The van der Waals surface area contributed by atoms with Crippen molar-refractivity contribution >= 4 is 5.78 Å². The van der Waals surface area contributed by atoms with Crippen LogP contribution in [-0.4, -0.2) is 5.78 Å². The lowest BCUT2D eigenvalue weighted by Gasteiger charge is -2.36. The first-order valence-electron chi connectivity index (χ1n) is 4.96. The molecule has 3 atom stereocenters. The number of hydrogen-bond donors (Lipinski definition) is 0. The van der Waals surface area contributed by atoms with E-state index in [4.69, 9.17) is 0 Å². The van der Waals surface area contributed by atoms with Gasteiger partial charge in [0.15, 0.2) is 0 Å². The lowest BCUT2D eigenvalue weighted by molar-refractivity contribution is -0.128. The van der Waals surface area contributed by atoms with Gasteiger partial charge in [0, 0.05) is 12.3 Å². The van der Waals surface area contributed by atoms with Crippen molar-refractivity contribution in [2.24, 2.45) is 17.8 Å². The summed E-state index contributed by atoms with van der Waals surface area (Å²) in [5.41, 5.74) is 0. The van der Waals surface area contributed by atoms with Crippen LogP contribution < -0.4 is 0 Å². The van der Waals surface area contributed by atoms with E-state index >= 15 is 0 Å². The molecule has 2 rings (SSSR count). The third-order valence-corrected chi connectivity index (χ3v) is 3.47. The van der Waals surface area contributed by atoms with Crippen LogP contribution in [0.3, 0.4) is 0 Å². The van der Waals surface area contributed by atoms with Crippen molar-refractivity contribution in [1.82, 2.24) is 0 Å². The second kappa shape index (κ2) is 3.04. The maximum Gasteiger partial charge on any atom is 0.136 e. The smallest absolute Gasteiger partial charge is 0.136 e. The quantitative estimate of drug-likeness (QED) is 0.503. The summed E-state index contributed by atoms with van der Waals surface area (Å²) >= 11 is 0. The van der Waals surface area contributed by atoms with Gasteiger partial charge in [-0.2, -0.15) is 0 Å². The molecular weight excluding hydrogens is 148 g/mol. The Labute approximate surface area is 73.8 Å². The van der Waals surface area contributed by atoms with Crippen molar-refractivity contribution < 1.29 is 4.79 Å². The number of allylic oxidation sites excluding steroid dienone is 2. The Kier molecular flexibility index (Phi) is 2.03. The van der Waals surface area contributed by atoms with Gasteiger partial charge in [0.05, 0.1) is 0 Å². The Balaban J connectivity index is 2.17. The normalized spacial score (nSPS) is 41.1. The molecule has 66 valence electrons. The number of carbonyl (C=O) groups excluding carboxylic acids is 1. The Morgan fingerprint density at radius 1 is 1.33 bits per heavy atom. The molecule has 1 heteroatoms. The minimum Gasteiger partial charge on any atom is -0.299 e. The van der Waals surface area contributed by atoms with E-state index in [0.29, 0.717) is 17.6 Å². The van der Waals surface area contributed by atoms with Crippen LogP contribution in [0, 0.1) is 17.8 Å². The highest BCUT2D eigenvalue weighted by Gasteiger charge is 2.35. The van der Waals surface area contributed by atoms with Gasteiger partial charge in [-0.1, -0.05) is 19.1 Å². The maximum absolute atomic E-state index is 11.5. The third-order valence-electron chi connectivity index (χ3n) is 3.47. The number of Topliss-reactive ketones (excluding diaryl/α,β-unsaturated/α-hetero) is 1. The summed E-state index contributed by atoms with van der Waals surface area (Å²) in [5.74, 6) is 2.31. The molecule has 1 nitrogen and oxygen atoms in total. The average Bonchev–Trinajstić information content (AvgIpc) is 2.12. The van der Waals surface area contributed by atoms with Crippen LogP contribution in [0.1, 0.15) is 32.6 Å². The van der Waals surface area contributed by atoms with Gasteiger partial charge in [-0.3, -0.25) is 4.79 Å². The fourth-order valence-electron chi connectivity index (χ4n) is 2.60. The molecule has 0 N–H and O–H groups in total. The molecule has 0 unspecified atom stereocenters. The lowest BCUT2D eigenvalue weighted by Crippen LogP contribution is -2.34. The highest BCUT2D eigenvalue weighted by atomic mass is 16.1. The highest BCUT2D eigenvalue weighted by molar-refractivity contribution is 5.82. The van der Waals surface area contributed by atoms with Gasteiger partial charge in [0.1, 0.15) is 5.78 Å². The van der Waals surface area contributed by atoms with E-state index < -0.39 is 0 Å². The van der Waals surface area contributed by atoms with Gasteiger partial charge in [0.2, 0.25) is 0 Å². The van der Waals surface area contributed by atoms with Crippen LogP contribution in [0.4, 0.5) is 0 Å². The fraction of sp³-hybridized carbons (Fsp3) is 0.727. The molecule has 0 aromatic rings. The van der Waals surface area contributed by atoms with Crippen molar-refractivity contribution in [3.63, 3.8) is 0 Å². The van der Waals surface area contributed by atoms with Gasteiger partial charge in [0.25, 0.3) is 0 Å². The van der Waals surface area contributed by atoms with Crippen molar-refractivity contribution in [2.45, 2.75) is 32.6 Å². The molecular formula is C11H16O. The number of fused-ring (bicyclic) bond motifs is 1. The van der Waals surface area contributed by atoms with Gasteiger partial charge >= 0.3 is 0 Å². The van der Waals surface area contributed by atoms with Crippen LogP contribution in [-0.2, 0) is 4.79 Å². The number of ketones is 1. The summed E-state index contributed by atoms with van der Waals surface area (Å²) in [5, 5.41) is 0. The van der Waals surface area contributed by atoms with E-state index in [2.05, 4.69) is 19.1 Å². The largest absolute Gasteiger partial charge is 0.299 e. The average molecular weight is 164 g/mol. The van der Waals surface area contributed by atoms with Crippen LogP contribution in [0.15, 0.2) is 12.2 Å². The molecule has 2 aliphatic rings. The molecule has 0 aliphatic heterocycles. The van der Waals surface area contributed by atoms with Crippen LogP contribution >= 0.6 is 0 Å². The molecule has 0 heterocycles. The lowest BCUT2D eigenvalue weighted by atomic mass is 9.67. The molecule has 1 fully saturated rings. The third kappa shape index (κ3) is 1.21. The van der Waals surface area contributed by atoms with Crippen molar-refractivity contribution in [1.29, 1.82) is 0 Å². The predicted molar refractivity (Wildman–Crippen MR) is 48.8 cm³/mol. The van der Waals surface area contributed by atoms with E-state index in [9.17, 15) is 4.79 Å². The van der Waals surface area contributed by atoms with Gasteiger partial charge in [-0.05, 0) is 31.1 Å². The zero-order chi connectivity index (χ0) is 8.55. The molecule has 0 aromatic carbocycles. The molecule has 12 heavy (non-hydrogen) atoms. The van der Waals surface area contributed by atoms with E-state index in [1.165, 1.54) is 0 Å². The van der Waals surface area contributed by atoms with Crippen molar-refractivity contribution in [3.8, 4) is 0 Å². The first-order chi connectivity index (χ1) is 5.79. The highest BCUT2D eigenvalue weighted by Crippen LogP contribution is 2.39. The van der Waals surface area contributed by atoms with E-state index in [1.807, 2.05) is 0 Å². The van der Waals surface area contributed by atoms with Crippen LogP contribution in [0.5, 0.6) is 0 Å². The van der Waals surface area contributed by atoms with Crippen LogP contribution in [0.2, 0.25) is 0 Å². The molecule has 2 aliphatic carbocycles. The fourth-order valence-corrected chi connectivity index (χ4v) is 2.60. The Bertz CT molecular complexity index is 217. The first kappa shape index (κ1) is 8.03. The minimum absolute atomic E-state index is 0.374. The van der Waals surface area contributed by atoms with Gasteiger partial charge in [-0.15, -0.1) is 0 Å². The molecule has 0 spiro atoms. The summed E-state index contributed by atoms with van der Waals surface area (Å²) in [6.45, 7) is 2.29. The first-order valence-corrected chi connectivity index (χ1v) is 4.96. The minimum atomic E-state index is 0.374. The molecule has 0 amide bonds. The standard InChI is InChI=1S/C11H16O/c1-8-6-7-11(12)10-5-3-2-4-9(8)10/h2-3,8-10H,4-7H2,1H3/t8-,9-,10-/m0/s1. The molecule has 0 bridgehead atoms. The second-order valence-electron chi connectivity index (χ2n) is 4.20. The zero-order valence-corrected chi connectivity index (χ0v) is 7.62. The predicted octanol–water partition coefficient (Wildman–Crippen LogP) is 2.57. The summed E-state index contributed by atoms with van der Waals surface area (Å²) in [7, 11) is 0. The molecule has 0 radical (unpaired) electrons. The number of rotatable bonds is 0. The topological polar surface area (TPSA) is 17.1 Å². The zero-order valence-electron chi connectivity index (χ0n) is 7.62. The van der Waals surface area contributed by atoms with Crippen molar-refractivity contribution in [2.75, 3.05) is 0 Å². The van der Waals surface area contributed by atoms with Gasteiger partial charge in [-0.25, -0.2) is 0 Å². The Hall–Kier alpha value is -0.590.